The summed E-state index contributed by atoms with van der Waals surface area (Å²) in [6.07, 6.45) is -1.26. The summed E-state index contributed by atoms with van der Waals surface area (Å²) in [5.74, 6) is -2.22. The highest BCUT2D eigenvalue weighted by molar-refractivity contribution is 9.10. The third-order valence-corrected chi connectivity index (χ3v) is 2.82. The normalized spacial score (nSPS) is 24.8. The van der Waals surface area contributed by atoms with E-state index in [9.17, 15) is 13.9 Å². The fourth-order valence-electron chi connectivity index (χ4n) is 1.54. The number of aliphatic hydroxyl groups excluding tert-OH is 1. The number of rotatable bonds is 2. The van der Waals surface area contributed by atoms with Crippen molar-refractivity contribution in [3.8, 4) is 5.75 Å². The Balaban J connectivity index is 2.20. The number of hydrogen-bond acceptors (Lipinski definition) is 3. The summed E-state index contributed by atoms with van der Waals surface area (Å²) in [6.45, 7) is 0.803. The van der Waals surface area contributed by atoms with E-state index in [1.807, 2.05) is 0 Å². The molecule has 2 N–H and O–H groups in total. The van der Waals surface area contributed by atoms with Crippen molar-refractivity contribution in [1.82, 2.24) is 5.32 Å². The lowest BCUT2D eigenvalue weighted by Gasteiger charge is -2.16. The Labute approximate surface area is 99.5 Å². The number of ether oxygens (including phenoxy) is 1. The average molecular weight is 294 g/mol. The van der Waals surface area contributed by atoms with Crippen LogP contribution < -0.4 is 10.1 Å². The lowest BCUT2D eigenvalue weighted by molar-refractivity contribution is 0.0704. The smallest absolute Gasteiger partial charge is 0.200 e. The van der Waals surface area contributed by atoms with Crippen molar-refractivity contribution in [2.24, 2.45) is 0 Å². The highest BCUT2D eigenvalue weighted by Gasteiger charge is 2.28. The van der Waals surface area contributed by atoms with E-state index >= 15 is 0 Å². The third kappa shape index (κ3) is 2.34. The molecule has 1 saturated heterocycles. The van der Waals surface area contributed by atoms with Gasteiger partial charge in [-0.1, -0.05) is 15.9 Å². The topological polar surface area (TPSA) is 41.5 Å². The van der Waals surface area contributed by atoms with E-state index in [4.69, 9.17) is 4.74 Å². The fraction of sp³-hybridized carbons (Fsp3) is 0.400. The summed E-state index contributed by atoms with van der Waals surface area (Å²) < 4.78 is 32.0. The molecular formula is C10H10BrF2NO2. The van der Waals surface area contributed by atoms with Crippen LogP contribution in [0.1, 0.15) is 0 Å². The molecule has 0 radical (unpaired) electrons. The maximum atomic E-state index is 13.3. The van der Waals surface area contributed by atoms with Crippen LogP contribution in [0, 0.1) is 11.6 Å². The van der Waals surface area contributed by atoms with Crippen LogP contribution in [0.2, 0.25) is 0 Å². The molecule has 1 aliphatic rings. The first-order chi connectivity index (χ1) is 7.58. The molecule has 16 heavy (non-hydrogen) atoms. The van der Waals surface area contributed by atoms with Crippen LogP contribution in [0.3, 0.4) is 0 Å². The van der Waals surface area contributed by atoms with E-state index in [2.05, 4.69) is 21.2 Å². The van der Waals surface area contributed by atoms with Crippen molar-refractivity contribution >= 4 is 15.9 Å². The largest absolute Gasteiger partial charge is 0.483 e. The van der Waals surface area contributed by atoms with Gasteiger partial charge in [-0.2, -0.15) is 4.39 Å². The summed E-state index contributed by atoms with van der Waals surface area (Å²) in [5.41, 5.74) is 0. The molecule has 1 fully saturated rings. The zero-order valence-electron chi connectivity index (χ0n) is 8.21. The van der Waals surface area contributed by atoms with E-state index in [-0.39, 0.29) is 5.75 Å². The molecule has 1 aliphatic heterocycles. The Kier molecular flexibility index (Phi) is 3.41. The molecule has 0 aromatic heterocycles. The van der Waals surface area contributed by atoms with E-state index in [0.717, 1.165) is 6.07 Å². The van der Waals surface area contributed by atoms with Crippen molar-refractivity contribution in [2.45, 2.75) is 12.2 Å². The molecule has 2 rings (SSSR count). The molecule has 2 unspecified atom stereocenters. The van der Waals surface area contributed by atoms with Crippen molar-refractivity contribution in [3.05, 3.63) is 28.2 Å². The summed E-state index contributed by atoms with van der Waals surface area (Å²) >= 11 is 3.05. The van der Waals surface area contributed by atoms with Crippen molar-refractivity contribution in [2.75, 3.05) is 13.1 Å². The molecule has 0 aliphatic carbocycles. The third-order valence-electron chi connectivity index (χ3n) is 2.37. The zero-order chi connectivity index (χ0) is 11.7. The Morgan fingerprint density at radius 1 is 1.38 bits per heavy atom. The van der Waals surface area contributed by atoms with Gasteiger partial charge >= 0.3 is 0 Å². The Hall–Kier alpha value is -0.720. The van der Waals surface area contributed by atoms with Crippen LogP contribution in [-0.4, -0.2) is 30.4 Å². The molecule has 0 saturated carbocycles. The minimum absolute atomic E-state index is 0.195. The first-order valence-electron chi connectivity index (χ1n) is 4.78. The average Bonchev–Trinajstić information content (AvgIpc) is 2.60. The molecule has 2 atom stereocenters. The summed E-state index contributed by atoms with van der Waals surface area (Å²) in [4.78, 5) is 0. The zero-order valence-corrected chi connectivity index (χ0v) is 9.80. The van der Waals surface area contributed by atoms with Crippen LogP contribution >= 0.6 is 15.9 Å². The van der Waals surface area contributed by atoms with Crippen LogP contribution in [0.5, 0.6) is 5.75 Å². The number of benzene rings is 1. The second kappa shape index (κ2) is 4.65. The van der Waals surface area contributed by atoms with Crippen molar-refractivity contribution in [3.63, 3.8) is 0 Å². The van der Waals surface area contributed by atoms with E-state index in [1.54, 1.807) is 0 Å². The minimum atomic E-state index is -1.04. The number of aliphatic hydroxyl groups is 1. The first kappa shape index (κ1) is 11.8. The highest BCUT2D eigenvalue weighted by atomic mass is 79.9. The standard InChI is InChI=1S/C10H10BrF2NO2/c11-5-1-6(12)10(13)8(2-5)16-9-4-14-3-7(9)15/h1-2,7,9,14-15H,3-4H2. The molecule has 3 nitrogen and oxygen atoms in total. The molecule has 0 amide bonds. The maximum absolute atomic E-state index is 13.3. The Morgan fingerprint density at radius 2 is 2.12 bits per heavy atom. The molecule has 1 heterocycles. The van der Waals surface area contributed by atoms with Gasteiger partial charge in [-0.3, -0.25) is 0 Å². The number of nitrogens with one attached hydrogen (secondary N) is 1. The number of β-amino-alcohol motifs (C(OH)–C–C–N with tert-alkyl or cyclic N) is 1. The lowest BCUT2D eigenvalue weighted by atomic mass is 10.2. The molecule has 0 spiro atoms. The van der Waals surface area contributed by atoms with Crippen LogP contribution in [0.25, 0.3) is 0 Å². The van der Waals surface area contributed by atoms with Gasteiger partial charge in [0, 0.05) is 17.6 Å². The molecule has 6 heteroatoms. The van der Waals surface area contributed by atoms with Crippen molar-refractivity contribution in [1.29, 1.82) is 0 Å². The number of hydrogen-bond donors (Lipinski definition) is 2. The monoisotopic (exact) mass is 293 g/mol. The second-order valence-corrected chi connectivity index (χ2v) is 4.50. The van der Waals surface area contributed by atoms with Crippen LogP contribution in [-0.2, 0) is 0 Å². The Bertz CT molecular complexity index is 403. The summed E-state index contributed by atoms with van der Waals surface area (Å²) in [7, 11) is 0. The quantitative estimate of drug-likeness (QED) is 0.811. The van der Waals surface area contributed by atoms with Gasteiger partial charge < -0.3 is 15.2 Å². The Morgan fingerprint density at radius 3 is 2.75 bits per heavy atom. The predicted molar refractivity (Wildman–Crippen MR) is 57.4 cm³/mol. The van der Waals surface area contributed by atoms with E-state index in [1.165, 1.54) is 6.07 Å². The molecule has 1 aromatic rings. The minimum Gasteiger partial charge on any atom is -0.483 e. The van der Waals surface area contributed by atoms with E-state index < -0.39 is 23.8 Å². The molecule has 1 aromatic carbocycles. The summed E-state index contributed by atoms with van der Waals surface area (Å²) in [6, 6.07) is 2.36. The fourth-order valence-corrected chi connectivity index (χ4v) is 1.95. The van der Waals surface area contributed by atoms with Gasteiger partial charge in [0.2, 0.25) is 5.82 Å². The predicted octanol–water partition coefficient (Wildman–Crippen LogP) is 1.44. The van der Waals surface area contributed by atoms with Gasteiger partial charge in [0.25, 0.3) is 0 Å². The maximum Gasteiger partial charge on any atom is 0.200 e. The van der Waals surface area contributed by atoms with Crippen LogP contribution in [0.4, 0.5) is 8.78 Å². The van der Waals surface area contributed by atoms with Crippen molar-refractivity contribution < 1.29 is 18.6 Å². The first-order valence-corrected chi connectivity index (χ1v) is 5.57. The van der Waals surface area contributed by atoms with Gasteiger partial charge in [-0.15, -0.1) is 0 Å². The second-order valence-electron chi connectivity index (χ2n) is 3.58. The van der Waals surface area contributed by atoms with Gasteiger partial charge in [-0.25, -0.2) is 4.39 Å². The van der Waals surface area contributed by atoms with E-state index in [0.29, 0.717) is 17.6 Å². The summed E-state index contributed by atoms with van der Waals surface area (Å²) in [5, 5.41) is 12.4. The molecular weight excluding hydrogens is 284 g/mol. The highest BCUT2D eigenvalue weighted by Crippen LogP contribution is 2.26. The van der Waals surface area contributed by atoms with Gasteiger partial charge in [0.05, 0.1) is 0 Å². The van der Waals surface area contributed by atoms with Crippen LogP contribution in [0.15, 0.2) is 16.6 Å². The molecule has 0 bridgehead atoms. The molecule has 88 valence electrons. The lowest BCUT2D eigenvalue weighted by Crippen LogP contribution is -2.30. The SMILES string of the molecule is OC1CNCC1Oc1cc(Br)cc(F)c1F. The van der Waals surface area contributed by atoms with Gasteiger partial charge in [0.1, 0.15) is 12.2 Å². The van der Waals surface area contributed by atoms with Gasteiger partial charge in [-0.05, 0) is 12.1 Å². The van der Waals surface area contributed by atoms with Gasteiger partial charge in [0.15, 0.2) is 11.6 Å². The number of halogens is 3.